The number of rotatable bonds is 4. The molecule has 2 fully saturated rings. The van der Waals surface area contributed by atoms with Crippen molar-refractivity contribution in [1.82, 2.24) is 15.1 Å². The molecule has 0 radical (unpaired) electrons. The van der Waals surface area contributed by atoms with Crippen LogP contribution in [0, 0.1) is 5.41 Å². The highest BCUT2D eigenvalue weighted by atomic mass is 35.5. The van der Waals surface area contributed by atoms with Crippen LogP contribution < -0.4 is 10.1 Å². The molecule has 0 bridgehead atoms. The Morgan fingerprint density at radius 3 is 2.57 bits per heavy atom. The molecule has 2 amide bonds. The van der Waals surface area contributed by atoms with Gasteiger partial charge in [-0.25, -0.2) is 4.79 Å². The number of likely N-dealkylation sites (tertiary alicyclic amines) is 1. The predicted octanol–water partition coefficient (Wildman–Crippen LogP) is 6.48. The molecule has 7 nitrogen and oxygen atoms in total. The summed E-state index contributed by atoms with van der Waals surface area (Å²) in [6.07, 6.45) is -1.29. The predicted molar refractivity (Wildman–Crippen MR) is 122 cm³/mol. The van der Waals surface area contributed by atoms with Crippen molar-refractivity contribution in [1.29, 1.82) is 0 Å². The molecule has 1 saturated heterocycles. The molecular weight excluding hydrogens is 485 g/mol. The molecule has 3 aromatic rings. The van der Waals surface area contributed by atoms with Gasteiger partial charge in [0.2, 0.25) is 5.89 Å². The maximum Gasteiger partial charge on any atom is 0.573 e. The zero-order valence-corrected chi connectivity index (χ0v) is 19.3. The van der Waals surface area contributed by atoms with Crippen molar-refractivity contribution >= 4 is 23.6 Å². The lowest BCUT2D eigenvalue weighted by Crippen LogP contribution is -2.49. The first-order valence-corrected chi connectivity index (χ1v) is 11.6. The lowest BCUT2D eigenvalue weighted by atomic mass is 9.56. The van der Waals surface area contributed by atoms with Gasteiger partial charge in [-0.1, -0.05) is 34.9 Å². The van der Waals surface area contributed by atoms with Crippen LogP contribution in [0.15, 0.2) is 52.9 Å². The van der Waals surface area contributed by atoms with Crippen molar-refractivity contribution in [3.63, 3.8) is 0 Å². The van der Waals surface area contributed by atoms with Crippen LogP contribution in [0.1, 0.15) is 37.2 Å². The minimum Gasteiger partial charge on any atom is -0.406 e. The van der Waals surface area contributed by atoms with Gasteiger partial charge in [0.1, 0.15) is 5.75 Å². The molecule has 1 N–H and O–H groups in total. The SMILES string of the molecule is O=C(Nc1nnc(-c2cccc(Cl)c2)o1)N1CCC2(CC1)CC(c1cccc(OC(F)(F)F)c1)C2. The van der Waals surface area contributed by atoms with Crippen molar-refractivity contribution in [2.24, 2.45) is 5.41 Å². The maximum atomic E-state index is 12.7. The van der Waals surface area contributed by atoms with Crippen LogP contribution in [0.2, 0.25) is 5.02 Å². The number of nitrogens with one attached hydrogen (secondary N) is 1. The zero-order valence-electron chi connectivity index (χ0n) is 18.5. The summed E-state index contributed by atoms with van der Waals surface area (Å²) in [5, 5.41) is 11.0. The van der Waals surface area contributed by atoms with E-state index in [-0.39, 0.29) is 35.0 Å². The molecular formula is C24H22ClF3N4O3. The van der Waals surface area contributed by atoms with Crippen molar-refractivity contribution in [2.45, 2.75) is 38.0 Å². The van der Waals surface area contributed by atoms with E-state index in [2.05, 4.69) is 20.3 Å². The first-order chi connectivity index (χ1) is 16.7. The second-order valence-corrected chi connectivity index (χ2v) is 9.50. The standard InChI is InChI=1S/C24H22ClF3N4O3/c25-18-5-1-4-16(11-18)20-30-31-21(34-20)29-22(33)32-9-7-23(8-10-32)13-17(14-23)15-3-2-6-19(12-15)35-24(26,27)28/h1-6,11-12,17H,7-10,13-14H2,(H,29,31,33). The smallest absolute Gasteiger partial charge is 0.406 e. The second kappa shape index (κ2) is 9.07. The number of aromatic nitrogens is 2. The highest BCUT2D eigenvalue weighted by molar-refractivity contribution is 6.30. The number of anilines is 1. The van der Waals surface area contributed by atoms with Gasteiger partial charge in [0.15, 0.2) is 0 Å². The largest absolute Gasteiger partial charge is 0.573 e. The molecule has 1 saturated carbocycles. The Balaban J connectivity index is 1.13. The Kier molecular flexibility index (Phi) is 6.08. The molecule has 184 valence electrons. The van der Waals surface area contributed by atoms with E-state index in [1.54, 1.807) is 35.2 Å². The first kappa shape index (κ1) is 23.5. The number of benzene rings is 2. The number of halogens is 4. The molecule has 2 aliphatic rings. The van der Waals surface area contributed by atoms with Gasteiger partial charge in [-0.3, -0.25) is 5.32 Å². The van der Waals surface area contributed by atoms with Crippen molar-refractivity contribution in [3.05, 3.63) is 59.1 Å². The number of nitrogens with zero attached hydrogens (tertiary/aromatic N) is 3. The Bertz CT molecular complexity index is 1220. The summed E-state index contributed by atoms with van der Waals surface area (Å²) in [5.41, 5.74) is 1.61. The molecule has 5 rings (SSSR count). The summed E-state index contributed by atoms with van der Waals surface area (Å²) in [6.45, 7) is 1.15. The van der Waals surface area contributed by atoms with E-state index in [0.29, 0.717) is 23.7 Å². The van der Waals surface area contributed by atoms with Gasteiger partial charge in [0.25, 0.3) is 0 Å². The van der Waals surface area contributed by atoms with E-state index in [0.717, 1.165) is 31.2 Å². The van der Waals surface area contributed by atoms with E-state index < -0.39 is 6.36 Å². The molecule has 1 aromatic heterocycles. The molecule has 11 heteroatoms. The summed E-state index contributed by atoms with van der Waals surface area (Å²) in [7, 11) is 0. The van der Waals surface area contributed by atoms with Crippen LogP contribution >= 0.6 is 11.6 Å². The van der Waals surface area contributed by atoms with E-state index in [4.69, 9.17) is 16.0 Å². The quantitative estimate of drug-likeness (QED) is 0.438. The van der Waals surface area contributed by atoms with Crippen LogP contribution in [0.5, 0.6) is 5.75 Å². The number of carbonyl (C=O) groups excluding carboxylic acids is 1. The fraction of sp³-hybridized carbons (Fsp3) is 0.375. The average molecular weight is 507 g/mol. The lowest BCUT2D eigenvalue weighted by Gasteiger charge is -2.52. The first-order valence-electron chi connectivity index (χ1n) is 11.2. The summed E-state index contributed by atoms with van der Waals surface area (Å²) < 4.78 is 47.1. The number of amides is 2. The Hall–Kier alpha value is -3.27. The summed E-state index contributed by atoms with van der Waals surface area (Å²) >= 11 is 5.99. The number of piperidine rings is 1. The number of hydrogen-bond acceptors (Lipinski definition) is 5. The number of hydrogen-bond donors (Lipinski definition) is 1. The van der Waals surface area contributed by atoms with Gasteiger partial charge in [-0.2, -0.15) is 0 Å². The van der Waals surface area contributed by atoms with E-state index in [1.165, 1.54) is 12.1 Å². The highest BCUT2D eigenvalue weighted by Gasteiger charge is 2.47. The summed E-state index contributed by atoms with van der Waals surface area (Å²) in [6, 6.07) is 12.9. The molecule has 1 spiro atoms. The Morgan fingerprint density at radius 1 is 1.11 bits per heavy atom. The fourth-order valence-electron chi connectivity index (χ4n) is 4.96. The number of carbonyl (C=O) groups is 1. The molecule has 1 aliphatic carbocycles. The molecule has 1 aliphatic heterocycles. The van der Waals surface area contributed by atoms with Gasteiger partial charge in [-0.05, 0) is 72.9 Å². The minimum absolute atomic E-state index is 0.00919. The fourth-order valence-corrected chi connectivity index (χ4v) is 5.15. The van der Waals surface area contributed by atoms with E-state index in [1.807, 2.05) is 6.07 Å². The van der Waals surface area contributed by atoms with Crippen molar-refractivity contribution in [2.75, 3.05) is 18.4 Å². The van der Waals surface area contributed by atoms with Gasteiger partial charge in [-0.15, -0.1) is 18.3 Å². The normalized spacial score (nSPS) is 17.8. The molecule has 0 unspecified atom stereocenters. The van der Waals surface area contributed by atoms with Gasteiger partial charge in [0, 0.05) is 23.7 Å². The third-order valence-corrected chi connectivity index (χ3v) is 6.98. The average Bonchev–Trinajstić information content (AvgIpc) is 3.25. The molecule has 35 heavy (non-hydrogen) atoms. The van der Waals surface area contributed by atoms with Crippen molar-refractivity contribution < 1.29 is 27.1 Å². The van der Waals surface area contributed by atoms with Crippen LogP contribution in [0.4, 0.5) is 24.0 Å². The highest BCUT2D eigenvalue weighted by Crippen LogP contribution is 2.57. The summed E-state index contributed by atoms with van der Waals surface area (Å²) in [5.74, 6) is 0.253. The number of ether oxygens (including phenoxy) is 1. The van der Waals surface area contributed by atoms with Crippen LogP contribution in [-0.4, -0.2) is 40.6 Å². The number of alkyl halides is 3. The molecule has 2 aromatic carbocycles. The minimum atomic E-state index is -4.70. The molecule has 2 heterocycles. The lowest BCUT2D eigenvalue weighted by molar-refractivity contribution is -0.274. The third-order valence-electron chi connectivity index (χ3n) is 6.74. The number of urea groups is 1. The molecule has 0 atom stereocenters. The van der Waals surface area contributed by atoms with Gasteiger partial charge in [0.05, 0.1) is 0 Å². The Labute approximate surface area is 204 Å². The maximum absolute atomic E-state index is 12.7. The third kappa shape index (κ3) is 5.37. The van der Waals surface area contributed by atoms with E-state index >= 15 is 0 Å². The van der Waals surface area contributed by atoms with Crippen LogP contribution in [0.25, 0.3) is 11.5 Å². The monoisotopic (exact) mass is 506 g/mol. The van der Waals surface area contributed by atoms with Crippen molar-refractivity contribution in [3.8, 4) is 17.2 Å². The van der Waals surface area contributed by atoms with Gasteiger partial charge < -0.3 is 14.1 Å². The zero-order chi connectivity index (χ0) is 24.6. The Morgan fingerprint density at radius 2 is 1.86 bits per heavy atom. The van der Waals surface area contributed by atoms with Crippen LogP contribution in [0.3, 0.4) is 0 Å². The summed E-state index contributed by atoms with van der Waals surface area (Å²) in [4.78, 5) is 14.4. The topological polar surface area (TPSA) is 80.5 Å². The van der Waals surface area contributed by atoms with Crippen LogP contribution in [-0.2, 0) is 0 Å². The van der Waals surface area contributed by atoms with E-state index in [9.17, 15) is 18.0 Å². The van der Waals surface area contributed by atoms with Gasteiger partial charge >= 0.3 is 18.4 Å². The second-order valence-electron chi connectivity index (χ2n) is 9.07.